The highest BCUT2D eigenvalue weighted by atomic mass is 32.1. The Balaban J connectivity index is 1.47. The van der Waals surface area contributed by atoms with Gasteiger partial charge in [-0.2, -0.15) is 4.98 Å². The third-order valence-corrected chi connectivity index (χ3v) is 5.08. The molecular weight excluding hydrogens is 416 g/mol. The van der Waals surface area contributed by atoms with Gasteiger partial charge in [-0.05, 0) is 42.6 Å². The zero-order valence-electron chi connectivity index (χ0n) is 16.5. The highest BCUT2D eigenvalue weighted by Gasteiger charge is 2.17. The largest absolute Gasteiger partial charge is 0.465 e. The molecule has 0 fully saturated rings. The van der Waals surface area contributed by atoms with Crippen LogP contribution in [0.1, 0.15) is 27.6 Å². The van der Waals surface area contributed by atoms with Gasteiger partial charge in [0, 0.05) is 11.6 Å². The van der Waals surface area contributed by atoms with Crippen molar-refractivity contribution >= 4 is 29.2 Å². The summed E-state index contributed by atoms with van der Waals surface area (Å²) < 4.78 is 10.5. The summed E-state index contributed by atoms with van der Waals surface area (Å²) in [5.74, 6) is 0.202. The van der Waals surface area contributed by atoms with Crippen LogP contribution in [-0.2, 0) is 11.3 Å². The minimum atomic E-state index is -0.520. The van der Waals surface area contributed by atoms with E-state index in [0.717, 1.165) is 10.4 Å². The number of aryl methyl sites for hydroxylation is 1. The van der Waals surface area contributed by atoms with E-state index in [0.29, 0.717) is 17.1 Å². The highest BCUT2D eigenvalue weighted by molar-refractivity contribution is 7.13. The molecular formula is C22H18N4O4S. The smallest absolute Gasteiger partial charge is 0.268 e. The van der Waals surface area contributed by atoms with Gasteiger partial charge in [0.2, 0.25) is 11.7 Å². The van der Waals surface area contributed by atoms with Gasteiger partial charge in [0.05, 0.1) is 17.7 Å². The first-order valence-electron chi connectivity index (χ1n) is 9.36. The van der Waals surface area contributed by atoms with Crippen LogP contribution >= 0.6 is 11.3 Å². The van der Waals surface area contributed by atoms with E-state index in [1.807, 2.05) is 30.5 Å². The van der Waals surface area contributed by atoms with E-state index in [1.165, 1.54) is 23.7 Å². The second-order valence-electron chi connectivity index (χ2n) is 6.57. The molecule has 0 atom stereocenters. The van der Waals surface area contributed by atoms with Crippen molar-refractivity contribution in [1.29, 1.82) is 0 Å². The van der Waals surface area contributed by atoms with Gasteiger partial charge in [0.1, 0.15) is 11.5 Å². The molecule has 3 aromatic heterocycles. The number of hydrogen-bond acceptors (Lipinski definition) is 7. The summed E-state index contributed by atoms with van der Waals surface area (Å²) in [6.07, 6.45) is 2.93. The zero-order valence-corrected chi connectivity index (χ0v) is 17.3. The zero-order chi connectivity index (χ0) is 21.6. The first-order valence-corrected chi connectivity index (χ1v) is 10.2. The Hall–Kier alpha value is -3.98. The van der Waals surface area contributed by atoms with Gasteiger partial charge in [-0.3, -0.25) is 9.59 Å². The van der Waals surface area contributed by atoms with Gasteiger partial charge >= 0.3 is 0 Å². The molecule has 0 spiro atoms. The topological polar surface area (TPSA) is 110 Å². The van der Waals surface area contributed by atoms with Gasteiger partial charge in [-0.15, -0.1) is 11.3 Å². The van der Waals surface area contributed by atoms with Crippen molar-refractivity contribution in [2.75, 3.05) is 0 Å². The number of hydrogen-bond donors (Lipinski definition) is 2. The minimum Gasteiger partial charge on any atom is -0.465 e. The molecule has 0 unspecified atom stereocenters. The predicted octanol–water partition coefficient (Wildman–Crippen LogP) is 3.79. The lowest BCUT2D eigenvalue weighted by Crippen LogP contribution is -2.34. The molecule has 0 saturated heterocycles. The van der Waals surface area contributed by atoms with Crippen LogP contribution in [-0.4, -0.2) is 22.0 Å². The van der Waals surface area contributed by atoms with Crippen LogP contribution in [0, 0.1) is 6.92 Å². The van der Waals surface area contributed by atoms with Crippen LogP contribution in [0.4, 0.5) is 0 Å². The molecule has 0 aliphatic heterocycles. The second kappa shape index (κ2) is 9.23. The van der Waals surface area contributed by atoms with Crippen molar-refractivity contribution in [2.24, 2.45) is 0 Å². The molecule has 0 saturated carbocycles. The molecule has 2 N–H and O–H groups in total. The highest BCUT2D eigenvalue weighted by Crippen LogP contribution is 2.21. The van der Waals surface area contributed by atoms with E-state index in [9.17, 15) is 9.59 Å². The molecule has 156 valence electrons. The maximum Gasteiger partial charge on any atom is 0.268 e. The summed E-state index contributed by atoms with van der Waals surface area (Å²) >= 11 is 1.49. The number of benzene rings is 1. The number of furan rings is 1. The summed E-state index contributed by atoms with van der Waals surface area (Å²) in [6.45, 7) is 1.89. The fraction of sp³-hybridized carbons (Fsp3) is 0.0909. The molecule has 9 heteroatoms. The van der Waals surface area contributed by atoms with Gasteiger partial charge in [0.25, 0.3) is 11.8 Å². The Labute approximate surface area is 181 Å². The van der Waals surface area contributed by atoms with E-state index in [1.54, 1.807) is 30.3 Å². The number of aromatic nitrogens is 2. The molecule has 4 rings (SSSR count). The number of amides is 2. The fourth-order valence-electron chi connectivity index (χ4n) is 2.74. The molecule has 8 nitrogen and oxygen atoms in total. The number of carbonyl (C=O) groups excluding carboxylic acids is 2. The maximum absolute atomic E-state index is 12.8. The van der Waals surface area contributed by atoms with Crippen LogP contribution in [0.15, 0.2) is 74.8 Å². The van der Waals surface area contributed by atoms with Gasteiger partial charge in [-0.1, -0.05) is 28.9 Å². The third-order valence-electron chi connectivity index (χ3n) is 4.21. The normalized spacial score (nSPS) is 11.3. The fourth-order valence-corrected chi connectivity index (χ4v) is 3.39. The average Bonchev–Trinajstić information content (AvgIpc) is 3.54. The van der Waals surface area contributed by atoms with Crippen molar-refractivity contribution < 1.29 is 18.5 Å². The first kappa shape index (κ1) is 20.3. The van der Waals surface area contributed by atoms with Crippen LogP contribution in [0.3, 0.4) is 0 Å². The molecule has 0 bridgehead atoms. The first-order chi connectivity index (χ1) is 15.1. The predicted molar refractivity (Wildman–Crippen MR) is 115 cm³/mol. The van der Waals surface area contributed by atoms with Crippen LogP contribution in [0.5, 0.6) is 0 Å². The SMILES string of the molecule is Cc1cccc(C(=O)N/C(=C\c2ccco2)C(=O)NCc2nc(-c3cccs3)no2)c1. The van der Waals surface area contributed by atoms with E-state index >= 15 is 0 Å². The maximum atomic E-state index is 12.8. The standard InChI is InChI=1S/C22H18N4O4S/c1-14-5-2-6-15(11-14)21(27)24-17(12-16-7-3-9-29-16)22(28)23-13-19-25-20(26-30-19)18-8-4-10-31-18/h2-12H,13H2,1H3,(H,23,28)(H,24,27)/b17-12-. The van der Waals surface area contributed by atoms with Crippen molar-refractivity contribution in [2.45, 2.75) is 13.5 Å². The summed E-state index contributed by atoms with van der Waals surface area (Å²) in [5.41, 5.74) is 1.40. The monoisotopic (exact) mass is 434 g/mol. The molecule has 0 aliphatic carbocycles. The van der Waals surface area contributed by atoms with Gasteiger partial charge in [-0.25, -0.2) is 0 Å². The molecule has 3 heterocycles. The third kappa shape index (κ3) is 5.14. The molecule has 31 heavy (non-hydrogen) atoms. The number of carbonyl (C=O) groups is 2. The summed E-state index contributed by atoms with van der Waals surface area (Å²) in [6, 6.07) is 14.2. The van der Waals surface area contributed by atoms with Crippen LogP contribution < -0.4 is 10.6 Å². The van der Waals surface area contributed by atoms with Crippen molar-refractivity contribution in [1.82, 2.24) is 20.8 Å². The number of nitrogens with zero attached hydrogens (tertiary/aromatic N) is 2. The summed E-state index contributed by atoms with van der Waals surface area (Å²) in [4.78, 5) is 30.6. The summed E-state index contributed by atoms with van der Waals surface area (Å²) in [7, 11) is 0. The van der Waals surface area contributed by atoms with Crippen LogP contribution in [0.25, 0.3) is 16.8 Å². The second-order valence-corrected chi connectivity index (χ2v) is 7.52. The Kier molecular flexibility index (Phi) is 6.04. The number of nitrogens with one attached hydrogen (secondary N) is 2. The van der Waals surface area contributed by atoms with E-state index in [4.69, 9.17) is 8.94 Å². The average molecular weight is 434 g/mol. The van der Waals surface area contributed by atoms with E-state index in [2.05, 4.69) is 20.8 Å². The van der Waals surface area contributed by atoms with Gasteiger partial charge < -0.3 is 19.6 Å². The quantitative estimate of drug-likeness (QED) is 0.428. The van der Waals surface area contributed by atoms with Crippen molar-refractivity contribution in [3.63, 3.8) is 0 Å². The van der Waals surface area contributed by atoms with E-state index < -0.39 is 11.8 Å². The van der Waals surface area contributed by atoms with Crippen molar-refractivity contribution in [3.05, 3.63) is 88.6 Å². The lowest BCUT2D eigenvalue weighted by molar-refractivity contribution is -0.118. The lowest BCUT2D eigenvalue weighted by atomic mass is 10.1. The van der Waals surface area contributed by atoms with Gasteiger partial charge in [0.15, 0.2) is 0 Å². The Morgan fingerprint density at radius 1 is 1.16 bits per heavy atom. The number of rotatable bonds is 7. The molecule has 0 aliphatic rings. The summed E-state index contributed by atoms with van der Waals surface area (Å²) in [5, 5.41) is 11.2. The number of thiophene rings is 1. The molecule has 1 aromatic carbocycles. The Morgan fingerprint density at radius 3 is 2.81 bits per heavy atom. The van der Waals surface area contributed by atoms with E-state index in [-0.39, 0.29) is 18.1 Å². The lowest BCUT2D eigenvalue weighted by Gasteiger charge is -2.10. The molecule has 2 amide bonds. The van der Waals surface area contributed by atoms with Crippen LogP contribution in [0.2, 0.25) is 0 Å². The minimum absolute atomic E-state index is 0.00696. The van der Waals surface area contributed by atoms with Crippen molar-refractivity contribution in [3.8, 4) is 10.7 Å². The molecule has 4 aromatic rings. The Morgan fingerprint density at radius 2 is 2.06 bits per heavy atom. The molecule has 0 radical (unpaired) electrons. The Bertz CT molecular complexity index is 1210.